The summed E-state index contributed by atoms with van der Waals surface area (Å²) in [7, 11) is 0. The van der Waals surface area contributed by atoms with Gasteiger partial charge in [0.25, 0.3) is 0 Å². The van der Waals surface area contributed by atoms with E-state index in [2.05, 4.69) is 0 Å². The van der Waals surface area contributed by atoms with Gasteiger partial charge in [0.15, 0.2) is 5.78 Å². The number of allylic oxidation sites excluding steroid dienone is 2. The topological polar surface area (TPSA) is 37.3 Å². The van der Waals surface area contributed by atoms with Crippen molar-refractivity contribution in [1.29, 1.82) is 0 Å². The van der Waals surface area contributed by atoms with Gasteiger partial charge >= 0.3 is 0 Å². The van der Waals surface area contributed by atoms with E-state index < -0.39 is 0 Å². The Morgan fingerprint density at radius 2 is 2.42 bits per heavy atom. The predicted molar refractivity (Wildman–Crippen MR) is 47.7 cm³/mol. The molecule has 0 aromatic carbocycles. The number of aliphatic hydroxyl groups excluding tert-OH is 1. The Kier molecular flexibility index (Phi) is 3.04. The maximum absolute atomic E-state index is 11.3. The molecule has 2 nitrogen and oxygen atoms in total. The molecule has 2 heteroatoms. The van der Waals surface area contributed by atoms with E-state index in [1.807, 2.05) is 19.9 Å². The normalized spacial score (nSPS) is 26.8. The van der Waals surface area contributed by atoms with E-state index in [4.69, 9.17) is 5.11 Å². The average Bonchev–Trinajstić information content (AvgIpc) is 2.08. The molecule has 0 fully saturated rings. The fourth-order valence-electron chi connectivity index (χ4n) is 1.51. The molecule has 0 radical (unpaired) electrons. The highest BCUT2D eigenvalue weighted by atomic mass is 16.3. The van der Waals surface area contributed by atoms with Gasteiger partial charge in [0, 0.05) is 13.0 Å². The number of ketones is 1. The Morgan fingerprint density at radius 3 is 2.92 bits per heavy atom. The molecule has 12 heavy (non-hydrogen) atoms. The maximum Gasteiger partial charge on any atom is 0.158 e. The van der Waals surface area contributed by atoms with E-state index in [-0.39, 0.29) is 18.3 Å². The molecule has 68 valence electrons. The second-order valence-corrected chi connectivity index (χ2v) is 3.67. The van der Waals surface area contributed by atoms with Crippen molar-refractivity contribution in [3.05, 3.63) is 11.6 Å². The molecular formula is C10H16O2. The van der Waals surface area contributed by atoms with E-state index >= 15 is 0 Å². The molecule has 0 aromatic rings. The van der Waals surface area contributed by atoms with Crippen LogP contribution in [0.15, 0.2) is 11.6 Å². The van der Waals surface area contributed by atoms with Crippen LogP contribution in [-0.2, 0) is 4.79 Å². The molecule has 0 spiro atoms. The van der Waals surface area contributed by atoms with Crippen LogP contribution in [0, 0.1) is 11.8 Å². The van der Waals surface area contributed by atoms with Crippen LogP contribution in [0.5, 0.6) is 0 Å². The lowest BCUT2D eigenvalue weighted by molar-refractivity contribution is -0.117. The van der Waals surface area contributed by atoms with Crippen LogP contribution in [-0.4, -0.2) is 17.5 Å². The van der Waals surface area contributed by atoms with Crippen molar-refractivity contribution in [2.24, 2.45) is 11.8 Å². The molecule has 0 aliphatic heterocycles. The summed E-state index contributed by atoms with van der Waals surface area (Å²) >= 11 is 0. The first kappa shape index (κ1) is 9.46. The summed E-state index contributed by atoms with van der Waals surface area (Å²) in [5.74, 6) is 0.844. The van der Waals surface area contributed by atoms with Gasteiger partial charge in [-0.2, -0.15) is 0 Å². The van der Waals surface area contributed by atoms with Crippen molar-refractivity contribution in [2.75, 3.05) is 6.61 Å². The SMILES string of the molecule is CC1=CCC(C(C)CO)CC1=O. The summed E-state index contributed by atoms with van der Waals surface area (Å²) in [6.07, 6.45) is 3.55. The van der Waals surface area contributed by atoms with E-state index in [0.29, 0.717) is 12.3 Å². The summed E-state index contributed by atoms with van der Waals surface area (Å²) in [6, 6.07) is 0. The number of hydrogen-bond donors (Lipinski definition) is 1. The second-order valence-electron chi connectivity index (χ2n) is 3.67. The van der Waals surface area contributed by atoms with Crippen LogP contribution in [0.25, 0.3) is 0 Å². The first-order valence-corrected chi connectivity index (χ1v) is 4.46. The highest BCUT2D eigenvalue weighted by Crippen LogP contribution is 2.26. The van der Waals surface area contributed by atoms with Crippen molar-refractivity contribution < 1.29 is 9.90 Å². The Balaban J connectivity index is 2.59. The Hall–Kier alpha value is -0.630. The van der Waals surface area contributed by atoms with E-state index in [0.717, 1.165) is 12.0 Å². The lowest BCUT2D eigenvalue weighted by Crippen LogP contribution is -2.22. The molecule has 2 atom stereocenters. The Bertz CT molecular complexity index is 206. The largest absolute Gasteiger partial charge is 0.396 e. The van der Waals surface area contributed by atoms with Gasteiger partial charge < -0.3 is 5.11 Å². The van der Waals surface area contributed by atoms with Crippen LogP contribution < -0.4 is 0 Å². The zero-order valence-corrected chi connectivity index (χ0v) is 7.71. The van der Waals surface area contributed by atoms with Gasteiger partial charge in [-0.1, -0.05) is 13.0 Å². The standard InChI is InChI=1S/C10H16O2/c1-7-3-4-9(5-10(7)12)8(2)6-11/h3,8-9,11H,4-6H2,1-2H3. The lowest BCUT2D eigenvalue weighted by Gasteiger charge is -2.23. The monoisotopic (exact) mass is 168 g/mol. The van der Waals surface area contributed by atoms with Crippen molar-refractivity contribution in [1.82, 2.24) is 0 Å². The van der Waals surface area contributed by atoms with Crippen LogP contribution in [0.1, 0.15) is 26.7 Å². The van der Waals surface area contributed by atoms with Gasteiger partial charge in [-0.25, -0.2) is 0 Å². The quantitative estimate of drug-likeness (QED) is 0.679. The summed E-state index contributed by atoms with van der Waals surface area (Å²) in [4.78, 5) is 11.3. The minimum absolute atomic E-state index is 0.185. The number of carbonyl (C=O) groups is 1. The first-order chi connectivity index (χ1) is 5.65. The molecule has 0 aromatic heterocycles. The van der Waals surface area contributed by atoms with Gasteiger partial charge in [0.2, 0.25) is 0 Å². The lowest BCUT2D eigenvalue weighted by atomic mass is 9.81. The molecule has 0 bridgehead atoms. The molecule has 0 saturated heterocycles. The molecule has 1 aliphatic rings. The smallest absolute Gasteiger partial charge is 0.158 e. The zero-order valence-electron chi connectivity index (χ0n) is 7.71. The average molecular weight is 168 g/mol. The first-order valence-electron chi connectivity index (χ1n) is 4.46. The van der Waals surface area contributed by atoms with Crippen LogP contribution in [0.3, 0.4) is 0 Å². The summed E-state index contributed by atoms with van der Waals surface area (Å²) in [6.45, 7) is 4.04. The number of aliphatic hydroxyl groups is 1. The molecule has 0 saturated carbocycles. The molecule has 1 N–H and O–H groups in total. The van der Waals surface area contributed by atoms with Crippen LogP contribution in [0.4, 0.5) is 0 Å². The van der Waals surface area contributed by atoms with E-state index in [1.54, 1.807) is 0 Å². The Morgan fingerprint density at radius 1 is 1.75 bits per heavy atom. The number of carbonyl (C=O) groups excluding carboxylic acids is 1. The van der Waals surface area contributed by atoms with Crippen LogP contribution in [0.2, 0.25) is 0 Å². The molecule has 2 unspecified atom stereocenters. The highest BCUT2D eigenvalue weighted by molar-refractivity contribution is 5.95. The third-order valence-corrected chi connectivity index (χ3v) is 2.71. The second kappa shape index (κ2) is 3.85. The molecular weight excluding hydrogens is 152 g/mol. The third kappa shape index (κ3) is 1.95. The molecule has 0 heterocycles. The fraction of sp³-hybridized carbons (Fsp3) is 0.700. The molecule has 1 aliphatic carbocycles. The minimum Gasteiger partial charge on any atom is -0.396 e. The summed E-state index contributed by atoms with van der Waals surface area (Å²) in [5, 5.41) is 8.91. The van der Waals surface area contributed by atoms with Crippen LogP contribution >= 0.6 is 0 Å². The minimum atomic E-state index is 0.185. The van der Waals surface area contributed by atoms with Gasteiger partial charge in [0.05, 0.1) is 0 Å². The predicted octanol–water partition coefficient (Wildman–Crippen LogP) is 1.54. The fourth-order valence-corrected chi connectivity index (χ4v) is 1.51. The maximum atomic E-state index is 11.3. The number of rotatable bonds is 2. The third-order valence-electron chi connectivity index (χ3n) is 2.71. The van der Waals surface area contributed by atoms with Gasteiger partial charge in [-0.15, -0.1) is 0 Å². The van der Waals surface area contributed by atoms with Gasteiger partial charge in [-0.05, 0) is 30.8 Å². The van der Waals surface area contributed by atoms with E-state index in [9.17, 15) is 4.79 Å². The zero-order chi connectivity index (χ0) is 9.14. The van der Waals surface area contributed by atoms with Gasteiger partial charge in [-0.3, -0.25) is 4.79 Å². The Labute approximate surface area is 73.3 Å². The highest BCUT2D eigenvalue weighted by Gasteiger charge is 2.23. The van der Waals surface area contributed by atoms with Crippen molar-refractivity contribution in [3.8, 4) is 0 Å². The van der Waals surface area contributed by atoms with Crippen molar-refractivity contribution in [2.45, 2.75) is 26.7 Å². The van der Waals surface area contributed by atoms with Gasteiger partial charge in [0.1, 0.15) is 0 Å². The summed E-state index contributed by atoms with van der Waals surface area (Å²) < 4.78 is 0. The summed E-state index contributed by atoms with van der Waals surface area (Å²) in [5.41, 5.74) is 0.886. The number of Topliss-reactive ketones (excluding diaryl/α,β-unsaturated/α-hetero) is 1. The molecule has 0 amide bonds. The van der Waals surface area contributed by atoms with E-state index in [1.165, 1.54) is 0 Å². The number of hydrogen-bond acceptors (Lipinski definition) is 2. The molecule has 1 rings (SSSR count). The van der Waals surface area contributed by atoms with Crippen molar-refractivity contribution in [3.63, 3.8) is 0 Å². The van der Waals surface area contributed by atoms with Crippen molar-refractivity contribution >= 4 is 5.78 Å².